The molecule has 0 spiro atoms. The molecular weight excluding hydrogens is 370 g/mol. The molecule has 3 aromatic rings. The summed E-state index contributed by atoms with van der Waals surface area (Å²) < 4.78 is 27.7. The molecule has 0 aliphatic rings. The van der Waals surface area contributed by atoms with Crippen LogP contribution in [0.15, 0.2) is 77.8 Å². The van der Waals surface area contributed by atoms with Gasteiger partial charge in [0, 0.05) is 6.54 Å². The lowest BCUT2D eigenvalue weighted by atomic mass is 10.0. The molecule has 0 fully saturated rings. The third-order valence-electron chi connectivity index (χ3n) is 4.44. The fourth-order valence-electron chi connectivity index (χ4n) is 2.78. The monoisotopic (exact) mass is 395 g/mol. The molecule has 28 heavy (non-hydrogen) atoms. The van der Waals surface area contributed by atoms with Crippen LogP contribution in [0.3, 0.4) is 0 Å². The lowest BCUT2D eigenvalue weighted by Gasteiger charge is -2.11. The van der Waals surface area contributed by atoms with E-state index >= 15 is 0 Å². The maximum atomic E-state index is 12.5. The lowest BCUT2D eigenvalue weighted by molar-refractivity contribution is 0.601. The number of sulfonamides is 1. The molecule has 0 bridgehead atoms. The minimum absolute atomic E-state index is 0.238. The molecule has 0 atom stereocenters. The molecule has 1 aromatic heterocycles. The van der Waals surface area contributed by atoms with Gasteiger partial charge >= 0.3 is 0 Å². The molecule has 5 nitrogen and oxygen atoms in total. The van der Waals surface area contributed by atoms with Crippen LogP contribution in [0.1, 0.15) is 30.9 Å². The first-order chi connectivity index (χ1) is 13.4. The second kappa shape index (κ2) is 8.89. The van der Waals surface area contributed by atoms with Crippen molar-refractivity contribution in [3.63, 3.8) is 0 Å². The van der Waals surface area contributed by atoms with Crippen molar-refractivity contribution in [2.75, 3.05) is 16.6 Å². The van der Waals surface area contributed by atoms with E-state index < -0.39 is 10.0 Å². The van der Waals surface area contributed by atoms with Crippen LogP contribution in [0.5, 0.6) is 0 Å². The van der Waals surface area contributed by atoms with Crippen LogP contribution in [-0.2, 0) is 16.4 Å². The zero-order chi connectivity index (χ0) is 20.0. The van der Waals surface area contributed by atoms with Crippen LogP contribution in [0, 0.1) is 0 Å². The largest absolute Gasteiger partial charge is 0.370 e. The van der Waals surface area contributed by atoms with Gasteiger partial charge in [0.15, 0.2) is 0 Å². The summed E-state index contributed by atoms with van der Waals surface area (Å²) in [7, 11) is -3.63. The summed E-state index contributed by atoms with van der Waals surface area (Å²) in [6.07, 6.45) is 2.41. The van der Waals surface area contributed by atoms with Crippen LogP contribution >= 0.6 is 0 Å². The van der Waals surface area contributed by atoms with Crippen LogP contribution in [0.4, 0.5) is 11.5 Å². The van der Waals surface area contributed by atoms with Crippen molar-refractivity contribution in [1.29, 1.82) is 0 Å². The number of anilines is 2. The Morgan fingerprint density at radius 1 is 0.929 bits per heavy atom. The van der Waals surface area contributed by atoms with Gasteiger partial charge in [0.1, 0.15) is 5.82 Å². The van der Waals surface area contributed by atoms with Gasteiger partial charge in [0.25, 0.3) is 10.0 Å². The fourth-order valence-corrected chi connectivity index (χ4v) is 3.83. The van der Waals surface area contributed by atoms with E-state index in [0.29, 0.717) is 17.4 Å². The van der Waals surface area contributed by atoms with Crippen molar-refractivity contribution in [1.82, 2.24) is 4.98 Å². The Morgan fingerprint density at radius 2 is 1.64 bits per heavy atom. The summed E-state index contributed by atoms with van der Waals surface area (Å²) in [4.78, 5) is 4.52. The first-order valence-electron chi connectivity index (χ1n) is 9.31. The number of hydrogen-bond donors (Lipinski definition) is 2. The molecule has 1 heterocycles. The average Bonchev–Trinajstić information content (AvgIpc) is 2.70. The normalized spacial score (nSPS) is 11.4. The van der Waals surface area contributed by atoms with Crippen molar-refractivity contribution >= 4 is 21.5 Å². The summed E-state index contributed by atoms with van der Waals surface area (Å²) in [6.45, 7) is 4.90. The summed E-state index contributed by atoms with van der Waals surface area (Å²) >= 11 is 0. The Kier molecular flexibility index (Phi) is 6.31. The molecule has 2 N–H and O–H groups in total. The van der Waals surface area contributed by atoms with Gasteiger partial charge in [-0.05, 0) is 47.7 Å². The Morgan fingerprint density at radius 3 is 2.25 bits per heavy atom. The second-order valence-electron chi connectivity index (χ2n) is 6.92. The number of hydrogen-bond acceptors (Lipinski definition) is 4. The molecule has 3 rings (SSSR count). The SMILES string of the molecule is CC(C)c1ccc(S(=O)(=O)Nc2ccc(NCCc3ccccc3)nc2)cc1. The molecule has 0 unspecified atom stereocenters. The third-order valence-corrected chi connectivity index (χ3v) is 5.83. The van der Waals surface area contributed by atoms with Gasteiger partial charge in [0.2, 0.25) is 0 Å². The Bertz CT molecular complexity index is 984. The van der Waals surface area contributed by atoms with Crippen LogP contribution in [-0.4, -0.2) is 19.9 Å². The second-order valence-corrected chi connectivity index (χ2v) is 8.61. The zero-order valence-electron chi connectivity index (χ0n) is 16.1. The Balaban J connectivity index is 1.58. The molecule has 146 valence electrons. The van der Waals surface area contributed by atoms with Crippen LogP contribution < -0.4 is 10.0 Å². The van der Waals surface area contributed by atoms with Crippen molar-refractivity contribution in [2.45, 2.75) is 31.1 Å². The maximum absolute atomic E-state index is 12.5. The highest BCUT2D eigenvalue weighted by Gasteiger charge is 2.14. The highest BCUT2D eigenvalue weighted by atomic mass is 32.2. The van der Waals surface area contributed by atoms with E-state index in [4.69, 9.17) is 0 Å². The topological polar surface area (TPSA) is 71.1 Å². The highest BCUT2D eigenvalue weighted by Crippen LogP contribution is 2.20. The smallest absolute Gasteiger partial charge is 0.261 e. The number of nitrogens with zero attached hydrogens (tertiary/aromatic N) is 1. The van der Waals surface area contributed by atoms with E-state index in [1.807, 2.05) is 30.3 Å². The summed E-state index contributed by atoms with van der Waals surface area (Å²) in [5, 5.41) is 3.24. The highest BCUT2D eigenvalue weighted by molar-refractivity contribution is 7.92. The molecule has 0 aliphatic heterocycles. The number of pyridine rings is 1. The third kappa shape index (κ3) is 5.33. The van der Waals surface area contributed by atoms with Crippen molar-refractivity contribution in [3.05, 3.63) is 84.1 Å². The summed E-state index contributed by atoms with van der Waals surface area (Å²) in [5.41, 5.74) is 2.79. The van der Waals surface area contributed by atoms with E-state index in [0.717, 1.165) is 18.5 Å². The van der Waals surface area contributed by atoms with Gasteiger partial charge in [-0.1, -0.05) is 56.3 Å². The van der Waals surface area contributed by atoms with E-state index in [1.165, 1.54) is 11.8 Å². The van der Waals surface area contributed by atoms with Crippen molar-refractivity contribution in [3.8, 4) is 0 Å². The minimum Gasteiger partial charge on any atom is -0.370 e. The zero-order valence-corrected chi connectivity index (χ0v) is 16.9. The Labute approximate surface area is 166 Å². The van der Waals surface area contributed by atoms with Gasteiger partial charge in [0.05, 0.1) is 16.8 Å². The van der Waals surface area contributed by atoms with Gasteiger partial charge in [-0.2, -0.15) is 0 Å². The van der Waals surface area contributed by atoms with Gasteiger partial charge < -0.3 is 5.32 Å². The van der Waals surface area contributed by atoms with E-state index in [-0.39, 0.29) is 4.90 Å². The molecule has 0 saturated carbocycles. The quantitative estimate of drug-likeness (QED) is 0.582. The van der Waals surface area contributed by atoms with Gasteiger partial charge in [-0.15, -0.1) is 0 Å². The Hall–Kier alpha value is -2.86. The summed E-state index contributed by atoms with van der Waals surface area (Å²) in [5.74, 6) is 1.07. The molecule has 6 heteroatoms. The molecule has 0 amide bonds. The predicted molar refractivity (Wildman–Crippen MR) is 114 cm³/mol. The number of benzene rings is 2. The first kappa shape index (κ1) is 19.9. The number of rotatable bonds is 8. The minimum atomic E-state index is -3.63. The van der Waals surface area contributed by atoms with E-state index in [1.54, 1.807) is 24.3 Å². The van der Waals surface area contributed by atoms with Crippen LogP contribution in [0.2, 0.25) is 0 Å². The van der Waals surface area contributed by atoms with Crippen molar-refractivity contribution < 1.29 is 8.42 Å². The maximum Gasteiger partial charge on any atom is 0.261 e. The number of aromatic nitrogens is 1. The summed E-state index contributed by atoms with van der Waals surface area (Å²) in [6, 6.07) is 20.6. The molecule has 0 aliphatic carbocycles. The van der Waals surface area contributed by atoms with Crippen LogP contribution in [0.25, 0.3) is 0 Å². The predicted octanol–water partition coefficient (Wildman–Crippen LogP) is 4.66. The van der Waals surface area contributed by atoms with E-state index in [9.17, 15) is 8.42 Å². The average molecular weight is 396 g/mol. The fraction of sp³-hybridized carbons (Fsp3) is 0.227. The van der Waals surface area contributed by atoms with Crippen molar-refractivity contribution in [2.24, 2.45) is 0 Å². The molecule has 0 saturated heterocycles. The van der Waals surface area contributed by atoms with Gasteiger partial charge in [-0.3, -0.25) is 4.72 Å². The number of nitrogens with one attached hydrogen (secondary N) is 2. The molecule has 0 radical (unpaired) electrons. The van der Waals surface area contributed by atoms with E-state index in [2.05, 4.69) is 41.0 Å². The van der Waals surface area contributed by atoms with Gasteiger partial charge in [-0.25, -0.2) is 13.4 Å². The molecule has 2 aromatic carbocycles. The molecular formula is C22H25N3O2S. The first-order valence-corrected chi connectivity index (χ1v) is 10.8. The lowest BCUT2D eigenvalue weighted by Crippen LogP contribution is -2.13. The standard InChI is InChI=1S/C22H25N3O2S/c1-17(2)19-8-11-21(12-9-19)28(26,27)25-20-10-13-22(24-16-20)23-15-14-18-6-4-3-5-7-18/h3-13,16-17,25H,14-15H2,1-2H3,(H,23,24).